The molecule has 0 aromatic heterocycles. The Kier molecular flexibility index (Phi) is 3.31. The van der Waals surface area contributed by atoms with Gasteiger partial charge in [0.15, 0.2) is 0 Å². The molecule has 0 radical (unpaired) electrons. The molecule has 2 unspecified atom stereocenters. The summed E-state index contributed by atoms with van der Waals surface area (Å²) in [7, 11) is 0. The molecule has 0 saturated heterocycles. The van der Waals surface area contributed by atoms with E-state index >= 15 is 0 Å². The number of alkyl halides is 2. The molecule has 0 N–H and O–H groups in total. The minimum absolute atomic E-state index is 0.126. The number of halogens is 2. The van der Waals surface area contributed by atoms with E-state index in [0.717, 1.165) is 6.42 Å². The smallest absolute Gasteiger partial charge is 0.103 e. The quantitative estimate of drug-likeness (QED) is 0.588. The fraction of sp³-hybridized carbons (Fsp3) is 1.00. The summed E-state index contributed by atoms with van der Waals surface area (Å²) < 4.78 is 26.0. The van der Waals surface area contributed by atoms with Crippen LogP contribution < -0.4 is 0 Å². The maximum atomic E-state index is 13.0. The Bertz CT molecular complexity index is 150. The van der Waals surface area contributed by atoms with Crippen molar-refractivity contribution < 1.29 is 8.78 Å². The van der Waals surface area contributed by atoms with Crippen LogP contribution in [0.25, 0.3) is 0 Å². The highest BCUT2D eigenvalue weighted by Gasteiger charge is 2.30. The molecule has 0 aromatic carbocycles. The third-order valence-corrected chi connectivity index (χ3v) is 2.59. The highest BCUT2D eigenvalue weighted by Crippen LogP contribution is 2.36. The minimum Gasteiger partial charge on any atom is -0.247 e. The molecule has 0 aromatic rings. The maximum Gasteiger partial charge on any atom is 0.103 e. The molecule has 2 heteroatoms. The largest absolute Gasteiger partial charge is 0.247 e. The second-order valence-electron chi connectivity index (χ2n) is 5.53. The van der Waals surface area contributed by atoms with Gasteiger partial charge >= 0.3 is 0 Å². The molecule has 0 bridgehead atoms. The minimum atomic E-state index is -0.906. The highest BCUT2D eigenvalue weighted by molar-refractivity contribution is 4.81. The predicted molar refractivity (Wildman–Crippen MR) is 51.2 cm³/mol. The Morgan fingerprint density at radius 3 is 1.85 bits per heavy atom. The van der Waals surface area contributed by atoms with E-state index in [0.29, 0.717) is 12.8 Å². The van der Waals surface area contributed by atoms with Gasteiger partial charge in [-0.25, -0.2) is 8.78 Å². The van der Waals surface area contributed by atoms with Crippen molar-refractivity contribution in [2.45, 2.75) is 58.8 Å². The van der Waals surface area contributed by atoms with Crippen molar-refractivity contribution in [2.75, 3.05) is 0 Å². The summed E-state index contributed by atoms with van der Waals surface area (Å²) in [4.78, 5) is 0. The first-order valence-electron chi connectivity index (χ1n) is 5.15. The Balaban J connectivity index is 2.42. The Hall–Kier alpha value is -0.140. The van der Waals surface area contributed by atoms with E-state index in [-0.39, 0.29) is 17.8 Å². The first-order valence-corrected chi connectivity index (χ1v) is 5.15. The molecule has 1 rings (SSSR count). The van der Waals surface area contributed by atoms with Gasteiger partial charge in [-0.2, -0.15) is 0 Å². The van der Waals surface area contributed by atoms with Crippen molar-refractivity contribution in [1.29, 1.82) is 0 Å². The van der Waals surface area contributed by atoms with Crippen LogP contribution in [0.2, 0.25) is 0 Å². The van der Waals surface area contributed by atoms with Crippen LogP contribution in [0.4, 0.5) is 8.78 Å². The monoisotopic (exact) mass is 190 g/mol. The lowest BCUT2D eigenvalue weighted by Gasteiger charge is -2.32. The van der Waals surface area contributed by atoms with Gasteiger partial charge in [-0.3, -0.25) is 0 Å². The van der Waals surface area contributed by atoms with Crippen molar-refractivity contribution >= 4 is 0 Å². The summed E-state index contributed by atoms with van der Waals surface area (Å²) in [5.41, 5.74) is 0.196. The Morgan fingerprint density at radius 2 is 1.46 bits per heavy atom. The lowest BCUT2D eigenvalue weighted by molar-refractivity contribution is 0.0945. The molecule has 0 heterocycles. The molecule has 0 spiro atoms. The third-order valence-electron chi connectivity index (χ3n) is 2.59. The van der Waals surface area contributed by atoms with Crippen molar-refractivity contribution in [1.82, 2.24) is 0 Å². The summed E-state index contributed by atoms with van der Waals surface area (Å²) in [5, 5.41) is 0. The molecule has 13 heavy (non-hydrogen) atoms. The average Bonchev–Trinajstić information content (AvgIpc) is 1.78. The third kappa shape index (κ3) is 4.06. The standard InChI is InChI=1S/C11H20F2/c1-11(2,3)7-8-4-9(12)6-10(13)5-8/h8-10H,4-7H2,1-3H3. The Morgan fingerprint density at radius 1 is 1.00 bits per heavy atom. The molecule has 2 atom stereocenters. The van der Waals surface area contributed by atoms with Crippen LogP contribution in [0.5, 0.6) is 0 Å². The SMILES string of the molecule is CC(C)(C)CC1CC(F)CC(F)C1. The topological polar surface area (TPSA) is 0 Å². The van der Waals surface area contributed by atoms with Crippen LogP contribution in [0, 0.1) is 11.3 Å². The second-order valence-corrected chi connectivity index (χ2v) is 5.53. The lowest BCUT2D eigenvalue weighted by atomic mass is 9.76. The average molecular weight is 190 g/mol. The van der Waals surface area contributed by atoms with Crippen LogP contribution in [0.15, 0.2) is 0 Å². The van der Waals surface area contributed by atoms with Crippen LogP contribution in [-0.4, -0.2) is 12.3 Å². The fourth-order valence-electron chi connectivity index (χ4n) is 2.32. The zero-order valence-electron chi connectivity index (χ0n) is 8.82. The van der Waals surface area contributed by atoms with Crippen molar-refractivity contribution in [3.05, 3.63) is 0 Å². The van der Waals surface area contributed by atoms with E-state index in [1.807, 2.05) is 0 Å². The van der Waals surface area contributed by atoms with E-state index in [1.165, 1.54) is 0 Å². The van der Waals surface area contributed by atoms with Gasteiger partial charge in [0, 0.05) is 6.42 Å². The summed E-state index contributed by atoms with van der Waals surface area (Å²) >= 11 is 0. The Labute approximate surface area is 79.7 Å². The predicted octanol–water partition coefficient (Wildman–Crippen LogP) is 3.90. The molecule has 1 aliphatic carbocycles. The van der Waals surface area contributed by atoms with Crippen LogP contribution in [0.1, 0.15) is 46.5 Å². The molecule has 0 aliphatic heterocycles. The van der Waals surface area contributed by atoms with E-state index in [4.69, 9.17) is 0 Å². The van der Waals surface area contributed by atoms with Crippen LogP contribution in [-0.2, 0) is 0 Å². The summed E-state index contributed by atoms with van der Waals surface area (Å²) in [6, 6.07) is 0. The summed E-state index contributed by atoms with van der Waals surface area (Å²) in [5.74, 6) is 0.249. The molecule has 1 saturated carbocycles. The van der Waals surface area contributed by atoms with Gasteiger partial charge in [0.25, 0.3) is 0 Å². The zero-order chi connectivity index (χ0) is 10.1. The van der Waals surface area contributed by atoms with Gasteiger partial charge in [-0.15, -0.1) is 0 Å². The van der Waals surface area contributed by atoms with Gasteiger partial charge in [0.05, 0.1) is 0 Å². The number of rotatable bonds is 1. The summed E-state index contributed by atoms with van der Waals surface area (Å²) in [6.45, 7) is 6.38. The van der Waals surface area contributed by atoms with Gasteiger partial charge in [0.1, 0.15) is 12.3 Å². The molecule has 0 amide bonds. The number of hydrogen-bond acceptors (Lipinski definition) is 0. The summed E-state index contributed by atoms with van der Waals surface area (Å²) in [6.07, 6.45) is 0.385. The lowest BCUT2D eigenvalue weighted by Crippen LogP contribution is -2.27. The van der Waals surface area contributed by atoms with E-state index in [1.54, 1.807) is 0 Å². The highest BCUT2D eigenvalue weighted by atomic mass is 19.1. The fourth-order valence-corrected chi connectivity index (χ4v) is 2.32. The van der Waals surface area contributed by atoms with E-state index < -0.39 is 12.3 Å². The second kappa shape index (κ2) is 3.93. The van der Waals surface area contributed by atoms with Crippen LogP contribution >= 0.6 is 0 Å². The van der Waals surface area contributed by atoms with E-state index in [2.05, 4.69) is 20.8 Å². The van der Waals surface area contributed by atoms with Crippen molar-refractivity contribution in [3.63, 3.8) is 0 Å². The van der Waals surface area contributed by atoms with Crippen molar-refractivity contribution in [2.24, 2.45) is 11.3 Å². The molecule has 78 valence electrons. The molecule has 1 aliphatic rings. The maximum absolute atomic E-state index is 13.0. The first kappa shape index (κ1) is 10.9. The zero-order valence-corrected chi connectivity index (χ0v) is 8.82. The molecular weight excluding hydrogens is 170 g/mol. The van der Waals surface area contributed by atoms with Gasteiger partial charge in [0.2, 0.25) is 0 Å². The van der Waals surface area contributed by atoms with Gasteiger partial charge in [-0.1, -0.05) is 20.8 Å². The molecule has 1 fully saturated rings. The number of hydrogen-bond donors (Lipinski definition) is 0. The molecular formula is C11H20F2. The van der Waals surface area contributed by atoms with Crippen LogP contribution in [0.3, 0.4) is 0 Å². The van der Waals surface area contributed by atoms with Gasteiger partial charge in [-0.05, 0) is 30.6 Å². The molecule has 0 nitrogen and oxygen atoms in total. The van der Waals surface area contributed by atoms with Crippen molar-refractivity contribution in [3.8, 4) is 0 Å². The first-order chi connectivity index (χ1) is 5.87. The van der Waals surface area contributed by atoms with Gasteiger partial charge < -0.3 is 0 Å². The van der Waals surface area contributed by atoms with E-state index in [9.17, 15) is 8.78 Å². The normalized spacial score (nSPS) is 36.2.